The summed E-state index contributed by atoms with van der Waals surface area (Å²) in [5.74, 6) is -0.396. The molecule has 4 nitrogen and oxygen atoms in total. The lowest BCUT2D eigenvalue weighted by Gasteiger charge is -2.28. The van der Waals surface area contributed by atoms with Crippen LogP contribution < -0.4 is 0 Å². The number of rotatable bonds is 6. The SMILES string of the molecule is CCOC(=O)C(C[C@H]1CC[C@H](C)CC1)C(=O)OCC. The molecule has 0 atom stereocenters. The van der Waals surface area contributed by atoms with Crippen LogP contribution in [0.5, 0.6) is 0 Å². The van der Waals surface area contributed by atoms with E-state index in [0.29, 0.717) is 25.6 Å². The average Bonchev–Trinajstić information content (AvgIpc) is 2.38. The molecular formula is C15H26O4. The Labute approximate surface area is 115 Å². The van der Waals surface area contributed by atoms with Gasteiger partial charge < -0.3 is 9.47 Å². The molecule has 1 saturated carbocycles. The van der Waals surface area contributed by atoms with Gasteiger partial charge in [-0.1, -0.05) is 32.6 Å². The summed E-state index contributed by atoms with van der Waals surface area (Å²) in [6, 6.07) is 0. The second kappa shape index (κ2) is 8.18. The highest BCUT2D eigenvalue weighted by molar-refractivity contribution is 5.94. The van der Waals surface area contributed by atoms with Crippen LogP contribution in [0.25, 0.3) is 0 Å². The zero-order valence-corrected chi connectivity index (χ0v) is 12.3. The van der Waals surface area contributed by atoms with Crippen molar-refractivity contribution in [3.05, 3.63) is 0 Å². The van der Waals surface area contributed by atoms with Crippen molar-refractivity contribution in [2.45, 2.75) is 52.9 Å². The van der Waals surface area contributed by atoms with E-state index in [0.717, 1.165) is 18.8 Å². The van der Waals surface area contributed by atoms with Gasteiger partial charge in [0, 0.05) is 0 Å². The van der Waals surface area contributed by atoms with Crippen LogP contribution in [0.4, 0.5) is 0 Å². The van der Waals surface area contributed by atoms with Crippen LogP contribution in [0.15, 0.2) is 0 Å². The van der Waals surface area contributed by atoms with E-state index < -0.39 is 17.9 Å². The largest absolute Gasteiger partial charge is 0.465 e. The van der Waals surface area contributed by atoms with Crippen LogP contribution in [-0.2, 0) is 19.1 Å². The summed E-state index contributed by atoms with van der Waals surface area (Å²) < 4.78 is 9.99. The summed E-state index contributed by atoms with van der Waals surface area (Å²) in [4.78, 5) is 23.7. The molecule has 0 saturated heterocycles. The maximum atomic E-state index is 11.9. The van der Waals surface area contributed by atoms with Gasteiger partial charge in [-0.25, -0.2) is 0 Å². The van der Waals surface area contributed by atoms with Crippen LogP contribution in [0.1, 0.15) is 52.9 Å². The molecule has 0 aromatic rings. The zero-order valence-electron chi connectivity index (χ0n) is 12.3. The van der Waals surface area contributed by atoms with E-state index in [-0.39, 0.29) is 0 Å². The second-order valence-electron chi connectivity index (χ2n) is 5.42. The normalized spacial score (nSPS) is 23.2. The second-order valence-corrected chi connectivity index (χ2v) is 5.42. The summed E-state index contributed by atoms with van der Waals surface area (Å²) in [5.41, 5.74) is 0. The molecular weight excluding hydrogens is 244 g/mol. The first-order valence-electron chi connectivity index (χ1n) is 7.41. The Kier molecular flexibility index (Phi) is 6.89. The lowest BCUT2D eigenvalue weighted by molar-refractivity contribution is -0.162. The zero-order chi connectivity index (χ0) is 14.3. The highest BCUT2D eigenvalue weighted by Crippen LogP contribution is 2.33. The Morgan fingerprint density at radius 1 is 1.00 bits per heavy atom. The Balaban J connectivity index is 2.57. The third-order valence-corrected chi connectivity index (χ3v) is 3.85. The first kappa shape index (κ1) is 16.0. The van der Waals surface area contributed by atoms with E-state index in [2.05, 4.69) is 6.92 Å². The van der Waals surface area contributed by atoms with E-state index in [1.54, 1.807) is 13.8 Å². The predicted molar refractivity (Wildman–Crippen MR) is 72.5 cm³/mol. The molecule has 0 amide bonds. The maximum Gasteiger partial charge on any atom is 0.320 e. The van der Waals surface area contributed by atoms with E-state index in [1.807, 2.05) is 0 Å². The smallest absolute Gasteiger partial charge is 0.320 e. The van der Waals surface area contributed by atoms with E-state index in [9.17, 15) is 9.59 Å². The number of carbonyl (C=O) groups is 2. The van der Waals surface area contributed by atoms with Crippen molar-refractivity contribution in [2.75, 3.05) is 13.2 Å². The quantitative estimate of drug-likeness (QED) is 0.550. The van der Waals surface area contributed by atoms with Gasteiger partial charge in [-0.05, 0) is 32.1 Å². The van der Waals surface area contributed by atoms with Gasteiger partial charge >= 0.3 is 11.9 Å². The molecule has 0 heterocycles. The summed E-state index contributed by atoms with van der Waals surface area (Å²) >= 11 is 0. The highest BCUT2D eigenvalue weighted by atomic mass is 16.6. The molecule has 0 unspecified atom stereocenters. The highest BCUT2D eigenvalue weighted by Gasteiger charge is 2.33. The molecule has 19 heavy (non-hydrogen) atoms. The molecule has 1 rings (SSSR count). The van der Waals surface area contributed by atoms with Crippen LogP contribution in [-0.4, -0.2) is 25.2 Å². The van der Waals surface area contributed by atoms with Gasteiger partial charge in [-0.3, -0.25) is 9.59 Å². The monoisotopic (exact) mass is 270 g/mol. The fourth-order valence-electron chi connectivity index (χ4n) is 2.67. The minimum atomic E-state index is -0.738. The average molecular weight is 270 g/mol. The lowest BCUT2D eigenvalue weighted by Crippen LogP contribution is -2.31. The Hall–Kier alpha value is -1.06. The van der Waals surface area contributed by atoms with Gasteiger partial charge in [0.2, 0.25) is 0 Å². The molecule has 0 aromatic carbocycles. The number of carbonyl (C=O) groups excluding carboxylic acids is 2. The molecule has 1 fully saturated rings. The van der Waals surface area contributed by atoms with Gasteiger partial charge in [0.15, 0.2) is 5.92 Å². The third kappa shape index (κ3) is 5.21. The molecule has 4 heteroatoms. The Bertz CT molecular complexity index is 275. The number of ether oxygens (including phenoxy) is 2. The van der Waals surface area contributed by atoms with Crippen molar-refractivity contribution < 1.29 is 19.1 Å². The minimum Gasteiger partial charge on any atom is -0.465 e. The van der Waals surface area contributed by atoms with Crippen molar-refractivity contribution >= 4 is 11.9 Å². The van der Waals surface area contributed by atoms with Gasteiger partial charge in [0.1, 0.15) is 0 Å². The Morgan fingerprint density at radius 2 is 1.47 bits per heavy atom. The maximum absolute atomic E-state index is 11.9. The van der Waals surface area contributed by atoms with Crippen LogP contribution >= 0.6 is 0 Å². The molecule has 0 bridgehead atoms. The van der Waals surface area contributed by atoms with Crippen molar-refractivity contribution in [3.8, 4) is 0 Å². The first-order valence-corrected chi connectivity index (χ1v) is 7.41. The number of esters is 2. The van der Waals surface area contributed by atoms with E-state index >= 15 is 0 Å². The number of hydrogen-bond acceptors (Lipinski definition) is 4. The van der Waals surface area contributed by atoms with Crippen molar-refractivity contribution in [1.29, 1.82) is 0 Å². The van der Waals surface area contributed by atoms with Gasteiger partial charge in [0.25, 0.3) is 0 Å². The van der Waals surface area contributed by atoms with Crippen LogP contribution in [0.2, 0.25) is 0 Å². The van der Waals surface area contributed by atoms with Crippen molar-refractivity contribution in [2.24, 2.45) is 17.8 Å². The summed E-state index contributed by atoms with van der Waals surface area (Å²) in [7, 11) is 0. The topological polar surface area (TPSA) is 52.6 Å². The van der Waals surface area contributed by atoms with E-state index in [4.69, 9.17) is 9.47 Å². The summed E-state index contributed by atoms with van der Waals surface area (Å²) in [5, 5.41) is 0. The van der Waals surface area contributed by atoms with Crippen molar-refractivity contribution in [1.82, 2.24) is 0 Å². The third-order valence-electron chi connectivity index (χ3n) is 3.85. The minimum absolute atomic E-state index is 0.302. The standard InChI is InChI=1S/C15H26O4/c1-4-18-14(16)13(15(17)19-5-2)10-12-8-6-11(3)7-9-12/h11-13H,4-10H2,1-3H3/t11-,12-. The molecule has 1 aliphatic carbocycles. The summed E-state index contributed by atoms with van der Waals surface area (Å²) in [6.45, 7) is 6.36. The van der Waals surface area contributed by atoms with E-state index in [1.165, 1.54) is 12.8 Å². The Morgan fingerprint density at radius 3 is 1.89 bits per heavy atom. The molecule has 0 aliphatic heterocycles. The van der Waals surface area contributed by atoms with Crippen LogP contribution in [0.3, 0.4) is 0 Å². The molecule has 0 radical (unpaired) electrons. The molecule has 0 aromatic heterocycles. The molecule has 0 N–H and O–H groups in total. The number of hydrogen-bond donors (Lipinski definition) is 0. The van der Waals surface area contributed by atoms with Gasteiger partial charge in [0.05, 0.1) is 13.2 Å². The van der Waals surface area contributed by atoms with Gasteiger partial charge in [-0.15, -0.1) is 0 Å². The van der Waals surface area contributed by atoms with Crippen molar-refractivity contribution in [3.63, 3.8) is 0 Å². The molecule has 1 aliphatic rings. The molecule has 110 valence electrons. The first-order chi connectivity index (χ1) is 9.08. The van der Waals surface area contributed by atoms with Crippen LogP contribution in [0, 0.1) is 17.8 Å². The fourth-order valence-corrected chi connectivity index (χ4v) is 2.67. The predicted octanol–water partition coefficient (Wildman–Crippen LogP) is 2.95. The fraction of sp³-hybridized carbons (Fsp3) is 0.867. The lowest BCUT2D eigenvalue weighted by atomic mass is 9.78. The molecule has 0 spiro atoms. The summed E-state index contributed by atoms with van der Waals surface area (Å²) in [6.07, 6.45) is 5.13. The van der Waals surface area contributed by atoms with Gasteiger partial charge in [-0.2, -0.15) is 0 Å².